The van der Waals surface area contributed by atoms with Gasteiger partial charge < -0.3 is 5.11 Å². The third-order valence-corrected chi connectivity index (χ3v) is 5.13. The Morgan fingerprint density at radius 2 is 1.18 bits per heavy atom. The van der Waals surface area contributed by atoms with E-state index in [-0.39, 0.29) is 11.1 Å². The summed E-state index contributed by atoms with van der Waals surface area (Å²) in [7, 11) is 0. The molecule has 28 heavy (non-hydrogen) atoms. The van der Waals surface area contributed by atoms with E-state index in [9.17, 15) is 5.11 Å². The molecule has 0 aliphatic carbocycles. The van der Waals surface area contributed by atoms with Gasteiger partial charge in [0, 0.05) is 0 Å². The van der Waals surface area contributed by atoms with Crippen LogP contribution in [0.5, 0.6) is 0 Å². The van der Waals surface area contributed by atoms with Crippen molar-refractivity contribution in [3.05, 3.63) is 73.3 Å². The van der Waals surface area contributed by atoms with Crippen molar-refractivity contribution in [2.24, 2.45) is 0 Å². The van der Waals surface area contributed by atoms with Gasteiger partial charge in [-0.05, 0) is 47.1 Å². The van der Waals surface area contributed by atoms with Crippen LogP contribution in [-0.2, 0) is 29.8 Å². The Bertz CT molecular complexity index is 856. The molecule has 0 radical (unpaired) electrons. The topological polar surface area (TPSA) is 37.9 Å². The van der Waals surface area contributed by atoms with Crippen molar-refractivity contribution >= 4 is 0 Å². The maximum Gasteiger partial charge on any atom is 0.244 e. The number of imidazole rings is 2. The van der Waals surface area contributed by atoms with E-state index < -0.39 is 5.60 Å². The Labute approximate surface area is 168 Å². The van der Waals surface area contributed by atoms with Gasteiger partial charge in [-0.3, -0.25) is 0 Å². The lowest BCUT2D eigenvalue weighted by Gasteiger charge is -2.25. The van der Waals surface area contributed by atoms with Gasteiger partial charge in [0.2, 0.25) is 12.7 Å². The van der Waals surface area contributed by atoms with Crippen molar-refractivity contribution in [3.63, 3.8) is 0 Å². The molecule has 0 unspecified atom stereocenters. The zero-order valence-electron chi connectivity index (χ0n) is 18.0. The summed E-state index contributed by atoms with van der Waals surface area (Å²) in [5, 5.41) is 11.8. The monoisotopic (exact) mass is 382 g/mol. The summed E-state index contributed by atoms with van der Waals surface area (Å²) in [5.74, 6) is 0. The fourth-order valence-corrected chi connectivity index (χ4v) is 3.35. The predicted molar refractivity (Wildman–Crippen MR) is 110 cm³/mol. The molecule has 0 aliphatic rings. The molecule has 0 atom stereocenters. The molecule has 0 spiro atoms. The van der Waals surface area contributed by atoms with E-state index in [0.717, 1.165) is 5.56 Å². The number of aliphatic hydroxyl groups is 1. The quantitative estimate of drug-likeness (QED) is 0.677. The highest BCUT2D eigenvalue weighted by atomic mass is 16.3. The molecule has 0 aliphatic heterocycles. The van der Waals surface area contributed by atoms with Gasteiger partial charge in [0.25, 0.3) is 0 Å². The summed E-state index contributed by atoms with van der Waals surface area (Å²) in [6, 6.07) is 9.95. The first-order valence-electron chi connectivity index (χ1n) is 9.90. The summed E-state index contributed by atoms with van der Waals surface area (Å²) in [6.45, 7) is 14.0. The van der Waals surface area contributed by atoms with Crippen LogP contribution in [0.2, 0.25) is 0 Å². The molecule has 3 rings (SSSR count). The van der Waals surface area contributed by atoms with E-state index >= 15 is 0 Å². The minimum absolute atomic E-state index is 0.00872. The highest BCUT2D eigenvalue weighted by Crippen LogP contribution is 2.23. The number of benzene rings is 1. The third-order valence-electron chi connectivity index (χ3n) is 5.13. The van der Waals surface area contributed by atoms with Crippen LogP contribution in [0.3, 0.4) is 0 Å². The van der Waals surface area contributed by atoms with Crippen molar-refractivity contribution in [1.82, 2.24) is 9.13 Å². The van der Waals surface area contributed by atoms with Crippen molar-refractivity contribution in [1.29, 1.82) is 0 Å². The second-order valence-corrected chi connectivity index (χ2v) is 9.73. The molecule has 1 N–H and O–H groups in total. The number of rotatable bonds is 5. The Balaban J connectivity index is 1.92. The lowest BCUT2D eigenvalue weighted by Crippen LogP contribution is -2.53. The first-order chi connectivity index (χ1) is 13.0. The van der Waals surface area contributed by atoms with Crippen molar-refractivity contribution in [2.75, 3.05) is 0 Å². The van der Waals surface area contributed by atoms with E-state index in [2.05, 4.69) is 84.9 Å². The second-order valence-electron chi connectivity index (χ2n) is 9.73. The molecule has 5 nitrogen and oxygen atoms in total. The highest BCUT2D eigenvalue weighted by Gasteiger charge is 2.36. The summed E-state index contributed by atoms with van der Waals surface area (Å²) in [4.78, 5) is 0. The first kappa shape index (κ1) is 20.3. The standard InChI is InChI=1S/C23H34N4O/c1-21(2,3)26-14-12-24(18-26)16-23(28,20-10-8-7-9-11-20)17-25-13-15-27(19-25)22(4,5)6/h7-15,18-19,28H,16-17H2,1-6H3/q+2. The first-order valence-corrected chi connectivity index (χ1v) is 9.90. The fraction of sp³-hybridized carbons (Fsp3) is 0.478. The normalized spacial score (nSPS) is 13.1. The zero-order chi connectivity index (χ0) is 20.6. The van der Waals surface area contributed by atoms with Gasteiger partial charge in [-0.15, -0.1) is 0 Å². The van der Waals surface area contributed by atoms with Crippen LogP contribution in [0.15, 0.2) is 67.8 Å². The molecule has 0 amide bonds. The largest absolute Gasteiger partial charge is 0.377 e. The maximum atomic E-state index is 11.8. The summed E-state index contributed by atoms with van der Waals surface area (Å²) >= 11 is 0. The average Bonchev–Trinajstić information content (AvgIpc) is 3.24. The summed E-state index contributed by atoms with van der Waals surface area (Å²) in [6.07, 6.45) is 12.3. The molecule has 5 heteroatoms. The Morgan fingerprint density at radius 1 is 0.750 bits per heavy atom. The van der Waals surface area contributed by atoms with Gasteiger partial charge in [-0.25, -0.2) is 18.3 Å². The van der Waals surface area contributed by atoms with Gasteiger partial charge in [-0.2, -0.15) is 0 Å². The number of aromatic nitrogens is 4. The van der Waals surface area contributed by atoms with Gasteiger partial charge in [-0.1, -0.05) is 30.3 Å². The summed E-state index contributed by atoms with van der Waals surface area (Å²) in [5.41, 5.74) is -0.0871. The Hall–Kier alpha value is -2.40. The lowest BCUT2D eigenvalue weighted by molar-refractivity contribution is -0.752. The highest BCUT2D eigenvalue weighted by molar-refractivity contribution is 5.21. The molecule has 2 heterocycles. The smallest absolute Gasteiger partial charge is 0.244 e. The molecule has 0 saturated carbocycles. The zero-order valence-corrected chi connectivity index (χ0v) is 18.0. The SMILES string of the molecule is CC(C)(C)n1cc[n+](CC(O)(C[n+]2ccn(C(C)(C)C)c2)c2ccccc2)c1. The molecule has 2 aromatic heterocycles. The van der Waals surface area contributed by atoms with Gasteiger partial charge in [0.1, 0.15) is 49.0 Å². The number of hydrogen-bond donors (Lipinski definition) is 1. The van der Waals surface area contributed by atoms with E-state index in [4.69, 9.17) is 0 Å². The van der Waals surface area contributed by atoms with E-state index in [1.54, 1.807) is 0 Å². The Kier molecular flexibility index (Phi) is 5.24. The van der Waals surface area contributed by atoms with Gasteiger partial charge in [0.15, 0.2) is 5.60 Å². The van der Waals surface area contributed by atoms with Crippen LogP contribution < -0.4 is 9.13 Å². The molecular weight excluding hydrogens is 348 g/mol. The molecular formula is C23H34N4O+2. The van der Waals surface area contributed by atoms with Gasteiger partial charge >= 0.3 is 0 Å². The van der Waals surface area contributed by atoms with Crippen LogP contribution in [0.4, 0.5) is 0 Å². The minimum Gasteiger partial charge on any atom is -0.377 e. The van der Waals surface area contributed by atoms with E-state index in [0.29, 0.717) is 13.1 Å². The molecule has 0 bridgehead atoms. The molecule has 150 valence electrons. The predicted octanol–water partition coefficient (Wildman–Crippen LogP) is 2.96. The molecule has 1 aromatic carbocycles. The van der Waals surface area contributed by atoms with E-state index in [1.165, 1.54) is 0 Å². The minimum atomic E-state index is -1.02. The number of nitrogens with zero attached hydrogens (tertiary/aromatic N) is 4. The van der Waals surface area contributed by atoms with Crippen molar-refractivity contribution in [3.8, 4) is 0 Å². The van der Waals surface area contributed by atoms with Crippen LogP contribution in [0, 0.1) is 0 Å². The maximum absolute atomic E-state index is 11.8. The van der Waals surface area contributed by atoms with Crippen LogP contribution in [0.1, 0.15) is 47.1 Å². The fourth-order valence-electron chi connectivity index (χ4n) is 3.35. The average molecular weight is 383 g/mol. The molecule has 0 fully saturated rings. The number of hydrogen-bond acceptors (Lipinski definition) is 1. The molecule has 0 saturated heterocycles. The summed E-state index contributed by atoms with van der Waals surface area (Å²) < 4.78 is 8.47. The van der Waals surface area contributed by atoms with Crippen molar-refractivity contribution < 1.29 is 14.2 Å². The van der Waals surface area contributed by atoms with Gasteiger partial charge in [0.05, 0.1) is 0 Å². The van der Waals surface area contributed by atoms with E-state index in [1.807, 2.05) is 42.7 Å². The molecule has 3 aromatic rings. The van der Waals surface area contributed by atoms with Crippen LogP contribution in [-0.4, -0.2) is 14.2 Å². The second kappa shape index (κ2) is 7.21. The Morgan fingerprint density at radius 3 is 1.54 bits per heavy atom. The lowest BCUT2D eigenvalue weighted by atomic mass is 9.93. The van der Waals surface area contributed by atoms with Crippen molar-refractivity contribution in [2.45, 2.75) is 71.3 Å². The third kappa shape index (κ3) is 4.53. The van der Waals surface area contributed by atoms with Crippen LogP contribution in [0.25, 0.3) is 0 Å². The van der Waals surface area contributed by atoms with Crippen LogP contribution >= 0.6 is 0 Å².